The van der Waals surface area contributed by atoms with Crippen LogP contribution in [0.1, 0.15) is 60.8 Å². The fraction of sp³-hybridized carbons (Fsp3) is 0.440. The molecule has 0 spiro atoms. The van der Waals surface area contributed by atoms with E-state index in [1.54, 1.807) is 16.7 Å². The predicted octanol–water partition coefficient (Wildman–Crippen LogP) is 4.32. The highest BCUT2D eigenvalue weighted by molar-refractivity contribution is 6.30. The Morgan fingerprint density at radius 1 is 1.16 bits per heavy atom. The number of fused-ring (bicyclic) bond motifs is 1. The lowest BCUT2D eigenvalue weighted by Gasteiger charge is -2.47. The molecule has 5 rings (SSSR count). The lowest BCUT2D eigenvalue weighted by atomic mass is 9.78. The van der Waals surface area contributed by atoms with Gasteiger partial charge in [-0.25, -0.2) is 0 Å². The van der Waals surface area contributed by atoms with Crippen LogP contribution in [0.4, 0.5) is 5.69 Å². The average Bonchev–Trinajstić information content (AvgIpc) is 3.48. The van der Waals surface area contributed by atoms with Gasteiger partial charge in [-0.2, -0.15) is 0 Å². The van der Waals surface area contributed by atoms with Crippen LogP contribution in [-0.4, -0.2) is 30.3 Å². The molecule has 5 nitrogen and oxygen atoms in total. The number of hydrogen-bond donors (Lipinski definition) is 1. The summed E-state index contributed by atoms with van der Waals surface area (Å²) in [7, 11) is 1.83. The van der Waals surface area contributed by atoms with Gasteiger partial charge in [0.25, 0.3) is 5.91 Å². The lowest BCUT2D eigenvalue weighted by molar-refractivity contribution is -0.141. The van der Waals surface area contributed by atoms with E-state index in [9.17, 15) is 9.59 Å². The second kappa shape index (κ2) is 7.64. The normalized spacial score (nSPS) is 23.1. The van der Waals surface area contributed by atoms with Crippen LogP contribution in [0.5, 0.6) is 0 Å². The van der Waals surface area contributed by atoms with E-state index in [2.05, 4.69) is 23.5 Å². The zero-order chi connectivity index (χ0) is 21.8. The van der Waals surface area contributed by atoms with Crippen LogP contribution in [0.3, 0.4) is 0 Å². The van der Waals surface area contributed by atoms with Gasteiger partial charge >= 0.3 is 0 Å². The maximum atomic E-state index is 13.9. The van der Waals surface area contributed by atoms with E-state index in [1.165, 1.54) is 16.7 Å². The van der Waals surface area contributed by atoms with Gasteiger partial charge in [0.1, 0.15) is 0 Å². The fourth-order valence-electron chi connectivity index (χ4n) is 5.30. The van der Waals surface area contributed by atoms with Gasteiger partial charge in [-0.15, -0.1) is 0 Å². The van der Waals surface area contributed by atoms with Crippen molar-refractivity contribution < 1.29 is 9.59 Å². The molecule has 0 aromatic heterocycles. The maximum Gasteiger partial charge on any atom is 0.253 e. The van der Waals surface area contributed by atoms with Crippen LogP contribution >= 0.6 is 11.6 Å². The molecule has 1 saturated heterocycles. The van der Waals surface area contributed by atoms with E-state index >= 15 is 0 Å². The molecule has 0 bridgehead atoms. The van der Waals surface area contributed by atoms with Crippen LogP contribution < -0.4 is 10.2 Å². The second-order valence-electron chi connectivity index (χ2n) is 9.15. The monoisotopic (exact) mass is 437 g/mol. The fourth-order valence-corrected chi connectivity index (χ4v) is 5.54. The zero-order valence-corrected chi connectivity index (χ0v) is 18.8. The molecule has 1 atom stereocenters. The Morgan fingerprint density at radius 2 is 1.94 bits per heavy atom. The Labute approximate surface area is 188 Å². The SMILES string of the molecule is CC(=O)N(c1ccc2c(c1)CNC2)[C@]1(c2cc(Cl)cc(C3CC3)c2)CCCN(C)C1=O. The molecule has 0 unspecified atom stereocenters. The molecule has 2 aliphatic heterocycles. The van der Waals surface area contributed by atoms with Gasteiger partial charge in [-0.3, -0.25) is 14.5 Å². The Kier molecular flexibility index (Phi) is 5.06. The zero-order valence-electron chi connectivity index (χ0n) is 18.1. The molecule has 3 aliphatic rings. The van der Waals surface area contributed by atoms with Crippen LogP contribution in [0, 0.1) is 0 Å². The van der Waals surface area contributed by atoms with Crippen molar-refractivity contribution in [3.8, 4) is 0 Å². The average molecular weight is 438 g/mol. The number of carbonyl (C=O) groups excluding carboxylic acids is 2. The Bertz CT molecular complexity index is 1060. The highest BCUT2D eigenvalue weighted by atomic mass is 35.5. The minimum atomic E-state index is -1.09. The van der Waals surface area contributed by atoms with Gasteiger partial charge in [0, 0.05) is 44.3 Å². The van der Waals surface area contributed by atoms with Crippen LogP contribution in [0.2, 0.25) is 5.02 Å². The number of amides is 2. The summed E-state index contributed by atoms with van der Waals surface area (Å²) in [6.45, 7) is 3.86. The van der Waals surface area contributed by atoms with Crippen molar-refractivity contribution in [1.29, 1.82) is 0 Å². The summed E-state index contributed by atoms with van der Waals surface area (Å²) < 4.78 is 0. The van der Waals surface area contributed by atoms with Crippen LogP contribution in [0.25, 0.3) is 0 Å². The molecule has 1 aliphatic carbocycles. The summed E-state index contributed by atoms with van der Waals surface area (Å²) in [5, 5.41) is 3.98. The number of nitrogens with one attached hydrogen (secondary N) is 1. The first-order valence-electron chi connectivity index (χ1n) is 11.1. The number of likely N-dealkylation sites (N-methyl/N-ethyl adjacent to an activating group) is 1. The number of likely N-dealkylation sites (tertiary alicyclic amines) is 1. The molecule has 6 heteroatoms. The summed E-state index contributed by atoms with van der Waals surface area (Å²) in [6.07, 6.45) is 3.70. The third-order valence-corrected chi connectivity index (χ3v) is 7.17. The first kappa shape index (κ1) is 20.5. The Balaban J connectivity index is 1.72. The van der Waals surface area contributed by atoms with Crippen LogP contribution in [0.15, 0.2) is 36.4 Å². The molecule has 162 valence electrons. The largest absolute Gasteiger partial charge is 0.343 e. The smallest absolute Gasteiger partial charge is 0.253 e. The standard InChI is InChI=1S/C25H28ClN3O2/c1-16(30)29(23-7-6-18-14-27-15-20(18)12-23)25(8-3-9-28(2)24(25)31)21-10-19(17-4-5-17)11-22(26)13-21/h6-7,10-13,17,27H,3-5,8-9,14-15H2,1-2H3/t25-/m0/s1. The van der Waals surface area contributed by atoms with Gasteiger partial charge < -0.3 is 10.2 Å². The molecule has 0 radical (unpaired) electrons. The number of piperidine rings is 1. The van der Waals surface area contributed by atoms with E-state index in [1.807, 2.05) is 25.2 Å². The summed E-state index contributed by atoms with van der Waals surface area (Å²) in [5.41, 5.74) is 4.10. The van der Waals surface area contributed by atoms with E-state index in [-0.39, 0.29) is 11.8 Å². The lowest BCUT2D eigenvalue weighted by Crippen LogP contribution is -2.61. The van der Waals surface area contributed by atoms with Crippen molar-refractivity contribution in [2.24, 2.45) is 0 Å². The van der Waals surface area contributed by atoms with E-state index in [0.29, 0.717) is 23.9 Å². The van der Waals surface area contributed by atoms with Crippen molar-refractivity contribution in [1.82, 2.24) is 10.2 Å². The molecule has 2 aromatic rings. The first-order valence-corrected chi connectivity index (χ1v) is 11.5. The molecule has 2 aromatic carbocycles. The number of nitrogens with zero attached hydrogens (tertiary/aromatic N) is 2. The van der Waals surface area contributed by atoms with Gasteiger partial charge in [-0.05, 0) is 78.1 Å². The summed E-state index contributed by atoms with van der Waals surface area (Å²) in [4.78, 5) is 30.6. The highest BCUT2D eigenvalue weighted by Crippen LogP contribution is 2.46. The van der Waals surface area contributed by atoms with Crippen molar-refractivity contribution in [2.75, 3.05) is 18.5 Å². The maximum absolute atomic E-state index is 13.9. The molecule has 31 heavy (non-hydrogen) atoms. The summed E-state index contributed by atoms with van der Waals surface area (Å²) in [5.74, 6) is 0.321. The Morgan fingerprint density at radius 3 is 2.68 bits per heavy atom. The number of carbonyl (C=O) groups is 2. The number of halogens is 1. The number of rotatable bonds is 4. The van der Waals surface area contributed by atoms with Crippen molar-refractivity contribution in [3.63, 3.8) is 0 Å². The number of anilines is 1. The van der Waals surface area contributed by atoms with E-state index < -0.39 is 5.54 Å². The van der Waals surface area contributed by atoms with E-state index in [4.69, 9.17) is 11.6 Å². The van der Waals surface area contributed by atoms with Gasteiger partial charge in [0.05, 0.1) is 0 Å². The van der Waals surface area contributed by atoms with Gasteiger partial charge in [0.15, 0.2) is 5.54 Å². The van der Waals surface area contributed by atoms with E-state index in [0.717, 1.165) is 43.6 Å². The molecular formula is C25H28ClN3O2. The number of benzene rings is 2. The highest BCUT2D eigenvalue weighted by Gasteiger charge is 2.51. The summed E-state index contributed by atoms with van der Waals surface area (Å²) in [6, 6.07) is 12.1. The van der Waals surface area contributed by atoms with Crippen LogP contribution in [-0.2, 0) is 28.2 Å². The van der Waals surface area contributed by atoms with Crippen molar-refractivity contribution in [2.45, 2.75) is 57.2 Å². The third-order valence-electron chi connectivity index (χ3n) is 6.95. The second-order valence-corrected chi connectivity index (χ2v) is 9.59. The van der Waals surface area contributed by atoms with Gasteiger partial charge in [0.2, 0.25) is 5.91 Å². The first-order chi connectivity index (χ1) is 14.9. The van der Waals surface area contributed by atoms with Crippen molar-refractivity contribution >= 4 is 29.1 Å². The van der Waals surface area contributed by atoms with Crippen molar-refractivity contribution in [3.05, 3.63) is 63.7 Å². The summed E-state index contributed by atoms with van der Waals surface area (Å²) >= 11 is 6.56. The molecule has 1 N–H and O–H groups in total. The molecule has 2 heterocycles. The molecule has 1 saturated carbocycles. The van der Waals surface area contributed by atoms with Gasteiger partial charge in [-0.1, -0.05) is 23.7 Å². The topological polar surface area (TPSA) is 52.7 Å². The minimum Gasteiger partial charge on any atom is -0.343 e. The Hall–Kier alpha value is -2.37. The molecule has 2 amide bonds. The predicted molar refractivity (Wildman–Crippen MR) is 122 cm³/mol. The third kappa shape index (κ3) is 3.44. The number of hydrogen-bond acceptors (Lipinski definition) is 3. The minimum absolute atomic E-state index is 0.0448. The molecular weight excluding hydrogens is 410 g/mol. The quantitative estimate of drug-likeness (QED) is 0.774. The molecule has 2 fully saturated rings.